The maximum absolute atomic E-state index is 5.13. The third kappa shape index (κ3) is 1.24. The summed E-state index contributed by atoms with van der Waals surface area (Å²) in [6.07, 6.45) is 3.88. The first-order valence-electron chi connectivity index (χ1n) is 4.07. The fourth-order valence-electron chi connectivity index (χ4n) is 1.35. The molecule has 0 atom stereocenters. The molecule has 68 valence electrons. The number of imidazole rings is 1. The van der Waals surface area contributed by atoms with Crippen molar-refractivity contribution in [1.29, 1.82) is 0 Å². The Kier molecular flexibility index (Phi) is 1.69. The number of fused-ring (bicyclic) bond motifs is 1. The fraction of sp³-hybridized carbons (Fsp3) is 0.333. The van der Waals surface area contributed by atoms with E-state index in [1.165, 1.54) is 0 Å². The Bertz CT molecular complexity index is 447. The number of hydrogen-bond acceptors (Lipinski definition) is 3. The van der Waals surface area contributed by atoms with Gasteiger partial charge in [0, 0.05) is 12.4 Å². The van der Waals surface area contributed by atoms with E-state index in [1.54, 1.807) is 7.11 Å². The largest absolute Gasteiger partial charge is 0.478 e. The number of nitrogens with zero attached hydrogens (tertiary/aromatic N) is 3. The fourth-order valence-corrected chi connectivity index (χ4v) is 1.35. The molecule has 0 aliphatic rings. The summed E-state index contributed by atoms with van der Waals surface area (Å²) in [5.74, 6) is 0.577. The standard InChI is InChI=1S/C9H11N3O/c1-6-4-12-5-7(2)11-9(13-3)8(12)10-6/h4-5H,1-3H3. The summed E-state index contributed by atoms with van der Waals surface area (Å²) in [6, 6.07) is 0. The predicted octanol–water partition coefficient (Wildman–Crippen LogP) is 1.35. The molecular weight excluding hydrogens is 166 g/mol. The van der Waals surface area contributed by atoms with Gasteiger partial charge in [-0.2, -0.15) is 0 Å². The van der Waals surface area contributed by atoms with E-state index >= 15 is 0 Å². The van der Waals surface area contributed by atoms with Gasteiger partial charge in [-0.25, -0.2) is 9.97 Å². The zero-order chi connectivity index (χ0) is 9.42. The predicted molar refractivity (Wildman–Crippen MR) is 49.0 cm³/mol. The van der Waals surface area contributed by atoms with Crippen LogP contribution in [0.25, 0.3) is 5.65 Å². The average molecular weight is 177 g/mol. The van der Waals surface area contributed by atoms with Crippen molar-refractivity contribution in [1.82, 2.24) is 14.4 Å². The van der Waals surface area contributed by atoms with Gasteiger partial charge >= 0.3 is 0 Å². The van der Waals surface area contributed by atoms with Crippen LogP contribution in [0.5, 0.6) is 5.88 Å². The molecule has 0 saturated heterocycles. The molecule has 2 heterocycles. The van der Waals surface area contributed by atoms with Crippen LogP contribution in [0.3, 0.4) is 0 Å². The Morgan fingerprint density at radius 3 is 2.38 bits per heavy atom. The van der Waals surface area contributed by atoms with Gasteiger partial charge in [0.25, 0.3) is 5.88 Å². The molecule has 0 aliphatic carbocycles. The van der Waals surface area contributed by atoms with E-state index in [9.17, 15) is 0 Å². The summed E-state index contributed by atoms with van der Waals surface area (Å²) in [6.45, 7) is 3.87. The molecule has 0 radical (unpaired) electrons. The van der Waals surface area contributed by atoms with E-state index in [1.807, 2.05) is 30.6 Å². The van der Waals surface area contributed by atoms with Crippen molar-refractivity contribution in [3.05, 3.63) is 23.8 Å². The number of ether oxygens (including phenoxy) is 1. The first-order chi connectivity index (χ1) is 6.20. The van der Waals surface area contributed by atoms with Crippen molar-refractivity contribution in [2.75, 3.05) is 7.11 Å². The summed E-state index contributed by atoms with van der Waals surface area (Å²) >= 11 is 0. The van der Waals surface area contributed by atoms with Gasteiger partial charge in [0.2, 0.25) is 5.65 Å². The van der Waals surface area contributed by atoms with Crippen molar-refractivity contribution >= 4 is 5.65 Å². The second-order valence-corrected chi connectivity index (χ2v) is 3.00. The minimum absolute atomic E-state index is 0.577. The van der Waals surface area contributed by atoms with Crippen molar-refractivity contribution in [2.45, 2.75) is 13.8 Å². The zero-order valence-electron chi connectivity index (χ0n) is 7.90. The van der Waals surface area contributed by atoms with Crippen LogP contribution in [0.4, 0.5) is 0 Å². The van der Waals surface area contributed by atoms with Crippen molar-refractivity contribution in [2.24, 2.45) is 0 Å². The molecule has 4 nitrogen and oxygen atoms in total. The molecule has 0 amide bonds. The smallest absolute Gasteiger partial charge is 0.258 e. The highest BCUT2D eigenvalue weighted by Gasteiger charge is 2.06. The zero-order valence-corrected chi connectivity index (χ0v) is 7.90. The van der Waals surface area contributed by atoms with Crippen LogP contribution in [0.15, 0.2) is 12.4 Å². The SMILES string of the molecule is COc1nc(C)cn2cc(C)nc12. The molecule has 0 spiro atoms. The monoisotopic (exact) mass is 177 g/mol. The highest BCUT2D eigenvalue weighted by atomic mass is 16.5. The minimum atomic E-state index is 0.577. The number of methoxy groups -OCH3 is 1. The normalized spacial score (nSPS) is 10.7. The van der Waals surface area contributed by atoms with E-state index in [4.69, 9.17) is 4.74 Å². The number of hydrogen-bond donors (Lipinski definition) is 0. The van der Waals surface area contributed by atoms with Gasteiger partial charge in [0.1, 0.15) is 0 Å². The molecule has 2 aromatic rings. The number of aromatic nitrogens is 3. The third-order valence-corrected chi connectivity index (χ3v) is 1.84. The Morgan fingerprint density at radius 2 is 1.77 bits per heavy atom. The second-order valence-electron chi connectivity index (χ2n) is 3.00. The highest BCUT2D eigenvalue weighted by Crippen LogP contribution is 2.16. The molecule has 0 saturated carbocycles. The van der Waals surface area contributed by atoms with Crippen LogP contribution in [-0.4, -0.2) is 21.5 Å². The molecule has 2 rings (SSSR count). The summed E-state index contributed by atoms with van der Waals surface area (Å²) in [7, 11) is 1.60. The summed E-state index contributed by atoms with van der Waals surface area (Å²) in [5, 5.41) is 0. The molecule has 0 unspecified atom stereocenters. The maximum atomic E-state index is 5.13. The van der Waals surface area contributed by atoms with Gasteiger partial charge in [-0.15, -0.1) is 0 Å². The number of aryl methyl sites for hydroxylation is 2. The molecule has 0 aliphatic heterocycles. The first-order valence-corrected chi connectivity index (χ1v) is 4.07. The van der Waals surface area contributed by atoms with Gasteiger partial charge in [-0.05, 0) is 13.8 Å². The Hall–Kier alpha value is -1.58. The maximum Gasteiger partial charge on any atom is 0.258 e. The van der Waals surface area contributed by atoms with E-state index in [2.05, 4.69) is 9.97 Å². The van der Waals surface area contributed by atoms with Crippen LogP contribution in [0.1, 0.15) is 11.4 Å². The Labute approximate surface area is 76.2 Å². The van der Waals surface area contributed by atoms with E-state index < -0.39 is 0 Å². The van der Waals surface area contributed by atoms with Crippen molar-refractivity contribution < 1.29 is 4.74 Å². The van der Waals surface area contributed by atoms with E-state index in [-0.39, 0.29) is 0 Å². The molecule has 0 bridgehead atoms. The minimum Gasteiger partial charge on any atom is -0.478 e. The molecule has 0 fully saturated rings. The highest BCUT2D eigenvalue weighted by molar-refractivity contribution is 5.50. The molecule has 0 N–H and O–H groups in total. The molecule has 0 aromatic carbocycles. The van der Waals surface area contributed by atoms with Crippen LogP contribution < -0.4 is 4.74 Å². The Morgan fingerprint density at radius 1 is 1.15 bits per heavy atom. The lowest BCUT2D eigenvalue weighted by atomic mass is 10.5. The number of rotatable bonds is 1. The lowest BCUT2D eigenvalue weighted by molar-refractivity contribution is 0.399. The van der Waals surface area contributed by atoms with Gasteiger partial charge in [0.15, 0.2) is 0 Å². The Balaban J connectivity index is 2.80. The first kappa shape index (κ1) is 8.04. The topological polar surface area (TPSA) is 39.4 Å². The quantitative estimate of drug-likeness (QED) is 0.660. The lowest BCUT2D eigenvalue weighted by Crippen LogP contribution is -1.95. The van der Waals surface area contributed by atoms with Crippen LogP contribution in [0.2, 0.25) is 0 Å². The van der Waals surface area contributed by atoms with Crippen LogP contribution in [-0.2, 0) is 0 Å². The van der Waals surface area contributed by atoms with Crippen LogP contribution >= 0.6 is 0 Å². The second kappa shape index (κ2) is 2.73. The molecule has 2 aromatic heterocycles. The van der Waals surface area contributed by atoms with Gasteiger partial charge in [-0.3, -0.25) is 0 Å². The molecular formula is C9H11N3O. The third-order valence-electron chi connectivity index (χ3n) is 1.84. The van der Waals surface area contributed by atoms with E-state index in [0.717, 1.165) is 17.0 Å². The lowest BCUT2D eigenvalue weighted by Gasteiger charge is -2.01. The molecule has 13 heavy (non-hydrogen) atoms. The van der Waals surface area contributed by atoms with Crippen molar-refractivity contribution in [3.8, 4) is 5.88 Å². The van der Waals surface area contributed by atoms with Gasteiger partial charge in [0.05, 0.1) is 18.5 Å². The summed E-state index contributed by atoms with van der Waals surface area (Å²) in [4.78, 5) is 8.53. The molecule has 4 heteroatoms. The van der Waals surface area contributed by atoms with Crippen LogP contribution in [0, 0.1) is 13.8 Å². The summed E-state index contributed by atoms with van der Waals surface area (Å²) in [5.41, 5.74) is 2.65. The summed E-state index contributed by atoms with van der Waals surface area (Å²) < 4.78 is 7.05. The van der Waals surface area contributed by atoms with Gasteiger partial charge in [-0.1, -0.05) is 0 Å². The van der Waals surface area contributed by atoms with Gasteiger partial charge < -0.3 is 9.14 Å². The van der Waals surface area contributed by atoms with Crippen molar-refractivity contribution in [3.63, 3.8) is 0 Å². The van der Waals surface area contributed by atoms with E-state index in [0.29, 0.717) is 5.88 Å². The average Bonchev–Trinajstić information content (AvgIpc) is 2.43.